The molecule has 1 aliphatic rings. The number of nitrogens with one attached hydrogen (secondary N) is 1. The van der Waals surface area contributed by atoms with E-state index in [9.17, 15) is 9.59 Å². The predicted octanol–water partition coefficient (Wildman–Crippen LogP) is 1.99. The van der Waals surface area contributed by atoms with Crippen molar-refractivity contribution in [3.63, 3.8) is 0 Å². The Morgan fingerprint density at radius 3 is 2.80 bits per heavy atom. The maximum atomic E-state index is 12.3. The number of hydrogen-bond acceptors (Lipinski definition) is 4. The average molecular weight is 362 g/mol. The van der Waals surface area contributed by atoms with Gasteiger partial charge in [0.1, 0.15) is 6.10 Å². The zero-order chi connectivity index (χ0) is 17.8. The quantitative estimate of drug-likeness (QED) is 0.852. The summed E-state index contributed by atoms with van der Waals surface area (Å²) in [5.41, 5.74) is 6.77. The minimum absolute atomic E-state index is 0.0649. The van der Waals surface area contributed by atoms with Gasteiger partial charge in [0.05, 0.1) is 18.3 Å². The predicted molar refractivity (Wildman–Crippen MR) is 96.8 cm³/mol. The second-order valence-electron chi connectivity index (χ2n) is 6.02. The normalized spacial score (nSPS) is 19.8. The molecule has 6 nitrogen and oxygen atoms in total. The number of hydrogen-bond donors (Lipinski definition) is 2. The van der Waals surface area contributed by atoms with Gasteiger partial charge in [-0.1, -0.05) is 29.8 Å². The molecule has 0 unspecified atom stereocenters. The summed E-state index contributed by atoms with van der Waals surface area (Å²) in [7, 11) is 0. The monoisotopic (exact) mass is 361 g/mol. The number of carbonyl (C=O) groups is 1. The van der Waals surface area contributed by atoms with Gasteiger partial charge < -0.3 is 20.4 Å². The van der Waals surface area contributed by atoms with E-state index in [1.807, 2.05) is 18.2 Å². The van der Waals surface area contributed by atoms with Crippen molar-refractivity contribution in [2.45, 2.75) is 31.6 Å². The Morgan fingerprint density at radius 1 is 1.28 bits per heavy atom. The standard InChI is InChI=1S/C18H20ClN3O3/c19-15-4-2-1-3-12(15)10-22-11-13(5-8-17(22)23)21-18(24)16-7-6-14(9-20)25-16/h1-5,8,11,14,16H,6-7,9-10,20H2,(H,21,24)/t14-,16+/m1/s1. The Bertz CT molecular complexity index is 821. The number of anilines is 1. The fourth-order valence-corrected chi connectivity index (χ4v) is 3.03. The second kappa shape index (κ2) is 7.82. The van der Waals surface area contributed by atoms with Crippen molar-refractivity contribution >= 4 is 23.2 Å². The fraction of sp³-hybridized carbons (Fsp3) is 0.333. The summed E-state index contributed by atoms with van der Waals surface area (Å²) in [5.74, 6) is -0.223. The average Bonchev–Trinajstić information content (AvgIpc) is 3.09. The number of nitrogens with zero attached hydrogens (tertiary/aromatic N) is 1. The van der Waals surface area contributed by atoms with Gasteiger partial charge in [-0.15, -0.1) is 0 Å². The number of pyridine rings is 1. The van der Waals surface area contributed by atoms with E-state index in [-0.39, 0.29) is 17.6 Å². The van der Waals surface area contributed by atoms with E-state index in [2.05, 4.69) is 5.32 Å². The first-order valence-corrected chi connectivity index (χ1v) is 8.55. The van der Waals surface area contributed by atoms with Crippen LogP contribution in [0.5, 0.6) is 0 Å². The van der Waals surface area contributed by atoms with Gasteiger partial charge in [-0.05, 0) is 30.5 Å². The number of nitrogens with two attached hydrogens (primary N) is 1. The van der Waals surface area contributed by atoms with E-state index >= 15 is 0 Å². The molecular formula is C18H20ClN3O3. The number of rotatable bonds is 5. The number of benzene rings is 1. The summed E-state index contributed by atoms with van der Waals surface area (Å²) in [4.78, 5) is 24.4. The van der Waals surface area contributed by atoms with E-state index < -0.39 is 6.10 Å². The topological polar surface area (TPSA) is 86.4 Å². The summed E-state index contributed by atoms with van der Waals surface area (Å²) < 4.78 is 7.10. The van der Waals surface area contributed by atoms with Gasteiger partial charge in [0.25, 0.3) is 11.5 Å². The highest BCUT2D eigenvalue weighted by atomic mass is 35.5. The van der Waals surface area contributed by atoms with Crippen LogP contribution in [-0.2, 0) is 16.1 Å². The molecule has 0 bridgehead atoms. The van der Waals surface area contributed by atoms with Crippen molar-refractivity contribution < 1.29 is 9.53 Å². The van der Waals surface area contributed by atoms with Gasteiger partial charge in [-0.3, -0.25) is 9.59 Å². The van der Waals surface area contributed by atoms with E-state index in [1.54, 1.807) is 18.3 Å². The molecule has 1 saturated heterocycles. The molecule has 132 valence electrons. The van der Waals surface area contributed by atoms with Crippen LogP contribution in [0.1, 0.15) is 18.4 Å². The molecule has 1 aromatic heterocycles. The molecule has 7 heteroatoms. The van der Waals surface area contributed by atoms with Crippen LogP contribution in [-0.4, -0.2) is 29.2 Å². The highest BCUT2D eigenvalue weighted by Gasteiger charge is 2.29. The molecule has 3 N–H and O–H groups in total. The number of amides is 1. The minimum atomic E-state index is -0.502. The van der Waals surface area contributed by atoms with Gasteiger partial charge >= 0.3 is 0 Å². The van der Waals surface area contributed by atoms with Crippen LogP contribution >= 0.6 is 11.6 Å². The van der Waals surface area contributed by atoms with E-state index in [4.69, 9.17) is 22.1 Å². The largest absolute Gasteiger partial charge is 0.364 e. The molecule has 3 rings (SSSR count). The van der Waals surface area contributed by atoms with Crippen LogP contribution in [0, 0.1) is 0 Å². The molecule has 1 aliphatic heterocycles. The zero-order valence-electron chi connectivity index (χ0n) is 13.7. The van der Waals surface area contributed by atoms with Crippen LogP contribution in [0.4, 0.5) is 5.69 Å². The number of carbonyl (C=O) groups excluding carboxylic acids is 1. The number of halogens is 1. The van der Waals surface area contributed by atoms with E-state index in [1.165, 1.54) is 10.6 Å². The molecule has 1 fully saturated rings. The first kappa shape index (κ1) is 17.7. The lowest BCUT2D eigenvalue weighted by molar-refractivity contribution is -0.126. The van der Waals surface area contributed by atoms with Crippen molar-refractivity contribution in [3.8, 4) is 0 Å². The first-order chi connectivity index (χ1) is 12.1. The zero-order valence-corrected chi connectivity index (χ0v) is 14.4. The molecule has 0 radical (unpaired) electrons. The third-order valence-electron chi connectivity index (χ3n) is 4.21. The van der Waals surface area contributed by atoms with Gasteiger partial charge in [0.2, 0.25) is 0 Å². The summed E-state index contributed by atoms with van der Waals surface area (Å²) in [6, 6.07) is 10.3. The minimum Gasteiger partial charge on any atom is -0.364 e. The summed E-state index contributed by atoms with van der Waals surface area (Å²) >= 11 is 6.15. The summed E-state index contributed by atoms with van der Waals surface area (Å²) in [5, 5.41) is 3.39. The van der Waals surface area contributed by atoms with Crippen LogP contribution in [0.15, 0.2) is 47.4 Å². The van der Waals surface area contributed by atoms with E-state index in [0.717, 1.165) is 12.0 Å². The van der Waals surface area contributed by atoms with Crippen LogP contribution < -0.4 is 16.6 Å². The van der Waals surface area contributed by atoms with Gasteiger partial charge in [-0.25, -0.2) is 0 Å². The van der Waals surface area contributed by atoms with Gasteiger partial charge in [-0.2, -0.15) is 0 Å². The third kappa shape index (κ3) is 4.28. The van der Waals surface area contributed by atoms with Crippen molar-refractivity contribution in [3.05, 3.63) is 63.5 Å². The maximum absolute atomic E-state index is 12.3. The van der Waals surface area contributed by atoms with Crippen molar-refractivity contribution in [2.75, 3.05) is 11.9 Å². The Morgan fingerprint density at radius 2 is 2.08 bits per heavy atom. The second-order valence-corrected chi connectivity index (χ2v) is 6.43. The molecule has 1 aromatic carbocycles. The molecule has 2 aromatic rings. The lowest BCUT2D eigenvalue weighted by atomic mass is 10.2. The summed E-state index contributed by atoms with van der Waals surface area (Å²) in [6.07, 6.45) is 2.47. The van der Waals surface area contributed by atoms with Crippen LogP contribution in [0.25, 0.3) is 0 Å². The third-order valence-corrected chi connectivity index (χ3v) is 4.58. The molecule has 2 atom stereocenters. The summed E-state index contributed by atoms with van der Waals surface area (Å²) in [6.45, 7) is 0.740. The van der Waals surface area contributed by atoms with E-state index in [0.29, 0.717) is 30.2 Å². The highest BCUT2D eigenvalue weighted by molar-refractivity contribution is 6.31. The lowest BCUT2D eigenvalue weighted by Crippen LogP contribution is -2.30. The van der Waals surface area contributed by atoms with Crippen molar-refractivity contribution in [1.82, 2.24) is 4.57 Å². The van der Waals surface area contributed by atoms with Crippen molar-refractivity contribution in [1.29, 1.82) is 0 Å². The fourth-order valence-electron chi connectivity index (χ4n) is 2.83. The first-order valence-electron chi connectivity index (χ1n) is 8.17. The SMILES string of the molecule is NC[C@H]1CC[C@@H](C(=O)Nc2ccc(=O)n(Cc3ccccc3Cl)c2)O1. The van der Waals surface area contributed by atoms with Crippen LogP contribution in [0.2, 0.25) is 5.02 Å². The molecule has 1 amide bonds. The highest BCUT2D eigenvalue weighted by Crippen LogP contribution is 2.20. The maximum Gasteiger partial charge on any atom is 0.253 e. The molecule has 25 heavy (non-hydrogen) atoms. The van der Waals surface area contributed by atoms with Crippen molar-refractivity contribution in [2.24, 2.45) is 5.73 Å². The van der Waals surface area contributed by atoms with Gasteiger partial charge in [0, 0.05) is 23.8 Å². The van der Waals surface area contributed by atoms with Gasteiger partial charge in [0.15, 0.2) is 0 Å². The number of aromatic nitrogens is 1. The lowest BCUT2D eigenvalue weighted by Gasteiger charge is -2.14. The molecule has 0 aliphatic carbocycles. The number of ether oxygens (including phenoxy) is 1. The molecule has 2 heterocycles. The Balaban J connectivity index is 1.72. The van der Waals surface area contributed by atoms with Crippen LogP contribution in [0.3, 0.4) is 0 Å². The molecule has 0 spiro atoms. The molecule has 0 saturated carbocycles. The Labute approximate surface area is 150 Å². The Hall–Kier alpha value is -2.15. The smallest absolute Gasteiger partial charge is 0.253 e. The molecular weight excluding hydrogens is 342 g/mol. The Kier molecular flexibility index (Phi) is 5.53.